The first-order valence-electron chi connectivity index (χ1n) is 7.03. The second-order valence-electron chi connectivity index (χ2n) is 5.51. The normalized spacial score (nSPS) is 29.2. The van der Waals surface area contributed by atoms with Gasteiger partial charge in [-0.3, -0.25) is 4.90 Å². The SMILES string of the molecule is NC1CCCC(N2CCOc3ccccc3C2)C1. The number of benzene rings is 1. The van der Waals surface area contributed by atoms with Crippen molar-refractivity contribution in [3.8, 4) is 5.75 Å². The Kier molecular flexibility index (Phi) is 3.52. The lowest BCUT2D eigenvalue weighted by Crippen LogP contribution is -2.43. The molecule has 1 heterocycles. The first-order valence-corrected chi connectivity index (χ1v) is 7.03. The molecule has 3 heteroatoms. The topological polar surface area (TPSA) is 38.5 Å². The molecule has 2 unspecified atom stereocenters. The van der Waals surface area contributed by atoms with E-state index in [2.05, 4.69) is 23.1 Å². The number of hydrogen-bond donors (Lipinski definition) is 1. The van der Waals surface area contributed by atoms with E-state index in [1.165, 1.54) is 24.8 Å². The lowest BCUT2D eigenvalue weighted by Gasteiger charge is -2.35. The van der Waals surface area contributed by atoms with E-state index in [-0.39, 0.29) is 0 Å². The van der Waals surface area contributed by atoms with Gasteiger partial charge in [0.1, 0.15) is 12.4 Å². The average Bonchev–Trinajstić information content (AvgIpc) is 2.60. The molecule has 98 valence electrons. The fraction of sp³-hybridized carbons (Fsp3) is 0.600. The summed E-state index contributed by atoms with van der Waals surface area (Å²) >= 11 is 0. The number of nitrogens with zero attached hydrogens (tertiary/aromatic N) is 1. The van der Waals surface area contributed by atoms with Crippen molar-refractivity contribution in [3.63, 3.8) is 0 Å². The maximum atomic E-state index is 6.11. The van der Waals surface area contributed by atoms with Crippen molar-refractivity contribution < 1.29 is 4.74 Å². The molecule has 1 fully saturated rings. The third-order valence-corrected chi connectivity index (χ3v) is 4.19. The molecule has 0 radical (unpaired) electrons. The molecule has 2 atom stereocenters. The second kappa shape index (κ2) is 5.29. The first-order chi connectivity index (χ1) is 8.83. The molecule has 2 aliphatic rings. The van der Waals surface area contributed by atoms with Gasteiger partial charge in [0, 0.05) is 30.7 Å². The molecule has 0 bridgehead atoms. The Balaban J connectivity index is 1.74. The van der Waals surface area contributed by atoms with Gasteiger partial charge in [-0.25, -0.2) is 0 Å². The molecule has 3 rings (SSSR count). The van der Waals surface area contributed by atoms with Crippen LogP contribution in [0.1, 0.15) is 31.2 Å². The van der Waals surface area contributed by atoms with E-state index in [0.29, 0.717) is 12.1 Å². The van der Waals surface area contributed by atoms with E-state index < -0.39 is 0 Å². The van der Waals surface area contributed by atoms with E-state index >= 15 is 0 Å². The van der Waals surface area contributed by atoms with Crippen LogP contribution < -0.4 is 10.5 Å². The lowest BCUT2D eigenvalue weighted by atomic mass is 9.90. The summed E-state index contributed by atoms with van der Waals surface area (Å²) in [5.41, 5.74) is 7.42. The molecular weight excluding hydrogens is 224 g/mol. The first kappa shape index (κ1) is 12.0. The van der Waals surface area contributed by atoms with E-state index in [9.17, 15) is 0 Å². The summed E-state index contributed by atoms with van der Waals surface area (Å²) in [6.45, 7) is 2.82. The Morgan fingerprint density at radius 2 is 2.11 bits per heavy atom. The second-order valence-corrected chi connectivity index (χ2v) is 5.51. The van der Waals surface area contributed by atoms with E-state index in [1.807, 2.05) is 6.07 Å². The predicted octanol–water partition coefficient (Wildman–Crippen LogP) is 2.15. The molecule has 0 aromatic heterocycles. The fourth-order valence-corrected chi connectivity index (χ4v) is 3.19. The van der Waals surface area contributed by atoms with Gasteiger partial charge in [0.05, 0.1) is 0 Å². The highest BCUT2D eigenvalue weighted by Gasteiger charge is 2.26. The minimum atomic E-state index is 0.392. The van der Waals surface area contributed by atoms with Gasteiger partial charge in [-0.2, -0.15) is 0 Å². The summed E-state index contributed by atoms with van der Waals surface area (Å²) in [7, 11) is 0. The maximum absolute atomic E-state index is 6.11. The summed E-state index contributed by atoms with van der Waals surface area (Å²) in [6, 6.07) is 9.43. The van der Waals surface area contributed by atoms with Crippen molar-refractivity contribution in [3.05, 3.63) is 29.8 Å². The average molecular weight is 246 g/mol. The highest BCUT2D eigenvalue weighted by molar-refractivity contribution is 5.33. The molecule has 1 aromatic rings. The number of rotatable bonds is 1. The summed E-state index contributed by atoms with van der Waals surface area (Å²) in [6.07, 6.45) is 4.89. The van der Waals surface area contributed by atoms with Gasteiger partial charge >= 0.3 is 0 Å². The van der Waals surface area contributed by atoms with Crippen LogP contribution in [-0.4, -0.2) is 30.1 Å². The standard InChI is InChI=1S/C15H22N2O/c16-13-5-3-6-14(10-13)17-8-9-18-15-7-2-1-4-12(15)11-17/h1-2,4,7,13-14H,3,5-6,8-11,16H2. The van der Waals surface area contributed by atoms with Crippen molar-refractivity contribution in [2.24, 2.45) is 5.73 Å². The fourth-order valence-electron chi connectivity index (χ4n) is 3.19. The van der Waals surface area contributed by atoms with Crippen LogP contribution in [0.5, 0.6) is 5.75 Å². The Bertz CT molecular complexity index is 407. The van der Waals surface area contributed by atoms with Gasteiger partial charge in [-0.15, -0.1) is 0 Å². The Labute approximate surface area is 109 Å². The van der Waals surface area contributed by atoms with Gasteiger partial charge in [-0.05, 0) is 25.3 Å². The van der Waals surface area contributed by atoms with Crippen molar-refractivity contribution >= 4 is 0 Å². The molecule has 0 spiro atoms. The highest BCUT2D eigenvalue weighted by atomic mass is 16.5. The molecule has 1 aliphatic carbocycles. The predicted molar refractivity (Wildman–Crippen MR) is 72.6 cm³/mol. The van der Waals surface area contributed by atoms with Crippen molar-refractivity contribution in [2.45, 2.75) is 44.3 Å². The minimum absolute atomic E-state index is 0.392. The van der Waals surface area contributed by atoms with Crippen LogP contribution in [0.3, 0.4) is 0 Å². The molecule has 1 aromatic carbocycles. The summed E-state index contributed by atoms with van der Waals surface area (Å²) < 4.78 is 5.82. The number of para-hydroxylation sites is 1. The molecule has 18 heavy (non-hydrogen) atoms. The summed E-state index contributed by atoms with van der Waals surface area (Å²) in [4.78, 5) is 2.56. The zero-order valence-corrected chi connectivity index (χ0v) is 10.8. The smallest absolute Gasteiger partial charge is 0.123 e. The zero-order chi connectivity index (χ0) is 12.4. The number of nitrogens with two attached hydrogens (primary N) is 1. The maximum Gasteiger partial charge on any atom is 0.123 e. The molecule has 1 saturated carbocycles. The van der Waals surface area contributed by atoms with Gasteiger partial charge in [0.15, 0.2) is 0 Å². The number of fused-ring (bicyclic) bond motifs is 1. The molecule has 1 aliphatic heterocycles. The number of hydrogen-bond acceptors (Lipinski definition) is 3. The quantitative estimate of drug-likeness (QED) is 0.825. The minimum Gasteiger partial charge on any atom is -0.492 e. The van der Waals surface area contributed by atoms with Crippen LogP contribution in [-0.2, 0) is 6.54 Å². The Morgan fingerprint density at radius 3 is 3.00 bits per heavy atom. The van der Waals surface area contributed by atoms with Crippen LogP contribution in [0.4, 0.5) is 0 Å². The van der Waals surface area contributed by atoms with Crippen molar-refractivity contribution in [1.29, 1.82) is 0 Å². The van der Waals surface area contributed by atoms with Gasteiger partial charge in [0.25, 0.3) is 0 Å². The molecule has 0 saturated heterocycles. The van der Waals surface area contributed by atoms with Crippen LogP contribution in [0.2, 0.25) is 0 Å². The molecular formula is C15H22N2O. The Morgan fingerprint density at radius 1 is 1.22 bits per heavy atom. The monoisotopic (exact) mass is 246 g/mol. The highest BCUT2D eigenvalue weighted by Crippen LogP contribution is 2.28. The van der Waals surface area contributed by atoms with E-state index in [4.69, 9.17) is 10.5 Å². The van der Waals surface area contributed by atoms with Crippen LogP contribution in [0, 0.1) is 0 Å². The summed E-state index contributed by atoms with van der Waals surface area (Å²) in [5, 5.41) is 0. The third kappa shape index (κ3) is 2.52. The molecule has 3 nitrogen and oxygen atoms in total. The lowest BCUT2D eigenvalue weighted by molar-refractivity contribution is 0.129. The van der Waals surface area contributed by atoms with Gasteiger partial charge in [-0.1, -0.05) is 24.6 Å². The van der Waals surface area contributed by atoms with Crippen LogP contribution in [0.15, 0.2) is 24.3 Å². The summed E-state index contributed by atoms with van der Waals surface area (Å²) in [5.74, 6) is 1.06. The van der Waals surface area contributed by atoms with Gasteiger partial charge in [0.2, 0.25) is 0 Å². The zero-order valence-electron chi connectivity index (χ0n) is 10.8. The van der Waals surface area contributed by atoms with E-state index in [1.54, 1.807) is 0 Å². The molecule has 0 amide bonds. The largest absolute Gasteiger partial charge is 0.492 e. The van der Waals surface area contributed by atoms with Gasteiger partial charge < -0.3 is 10.5 Å². The van der Waals surface area contributed by atoms with Crippen LogP contribution >= 0.6 is 0 Å². The number of ether oxygens (including phenoxy) is 1. The Hall–Kier alpha value is -1.06. The third-order valence-electron chi connectivity index (χ3n) is 4.19. The molecule has 2 N–H and O–H groups in total. The van der Waals surface area contributed by atoms with Crippen molar-refractivity contribution in [2.75, 3.05) is 13.2 Å². The van der Waals surface area contributed by atoms with E-state index in [0.717, 1.165) is 31.9 Å². The van der Waals surface area contributed by atoms with Crippen LogP contribution in [0.25, 0.3) is 0 Å². The van der Waals surface area contributed by atoms with Crippen molar-refractivity contribution in [1.82, 2.24) is 4.90 Å².